The van der Waals surface area contributed by atoms with Gasteiger partial charge in [-0.2, -0.15) is 0 Å². The number of hydrogen-bond donors (Lipinski definition) is 1. The van der Waals surface area contributed by atoms with Crippen LogP contribution in [0.5, 0.6) is 0 Å². The summed E-state index contributed by atoms with van der Waals surface area (Å²) in [5, 5.41) is 0. The Morgan fingerprint density at radius 3 is 1.88 bits per heavy atom. The van der Waals surface area contributed by atoms with Gasteiger partial charge >= 0.3 is 0 Å². The lowest BCUT2D eigenvalue weighted by atomic mass is 9.99. The molecule has 1 atom stereocenters. The van der Waals surface area contributed by atoms with Crippen molar-refractivity contribution in [2.24, 2.45) is 0 Å². The molecule has 0 saturated heterocycles. The molecule has 0 spiro atoms. The van der Waals surface area contributed by atoms with Gasteiger partial charge in [0.25, 0.3) is 0 Å². The second-order valence-electron chi connectivity index (χ2n) is 6.59. The van der Waals surface area contributed by atoms with Crippen LogP contribution in [0.4, 0.5) is 0 Å². The van der Waals surface area contributed by atoms with Crippen molar-refractivity contribution in [1.82, 2.24) is 4.72 Å². The van der Waals surface area contributed by atoms with Gasteiger partial charge in [0.05, 0.1) is 10.9 Å². The van der Waals surface area contributed by atoms with Crippen LogP contribution in [0.3, 0.4) is 0 Å². The SMILES string of the molecule is Cc1ccc(C(Cc2ccccc2)NS(=O)(=O)c2ccc(C)cc2)cc1. The quantitative estimate of drug-likeness (QED) is 0.696. The second-order valence-corrected chi connectivity index (χ2v) is 8.30. The average molecular weight is 365 g/mol. The van der Waals surface area contributed by atoms with Gasteiger partial charge in [0.1, 0.15) is 0 Å². The molecule has 3 aromatic rings. The van der Waals surface area contributed by atoms with Crippen molar-refractivity contribution in [3.05, 3.63) is 101 Å². The largest absolute Gasteiger partial charge is 0.241 e. The maximum absolute atomic E-state index is 12.9. The number of nitrogens with one attached hydrogen (secondary N) is 1. The molecule has 0 amide bonds. The van der Waals surface area contributed by atoms with Gasteiger partial charge in [0.15, 0.2) is 0 Å². The van der Waals surface area contributed by atoms with Crippen LogP contribution in [0.25, 0.3) is 0 Å². The predicted molar refractivity (Wildman–Crippen MR) is 106 cm³/mol. The van der Waals surface area contributed by atoms with Crippen molar-refractivity contribution < 1.29 is 8.42 Å². The van der Waals surface area contributed by atoms with Gasteiger partial charge in [0.2, 0.25) is 10.0 Å². The fourth-order valence-corrected chi connectivity index (χ4v) is 4.07. The van der Waals surface area contributed by atoms with Crippen LogP contribution in [0, 0.1) is 13.8 Å². The first kappa shape index (κ1) is 18.4. The van der Waals surface area contributed by atoms with Crippen molar-refractivity contribution in [1.29, 1.82) is 0 Å². The molecular weight excluding hydrogens is 342 g/mol. The molecule has 0 aromatic heterocycles. The highest BCUT2D eigenvalue weighted by molar-refractivity contribution is 7.89. The van der Waals surface area contributed by atoms with E-state index >= 15 is 0 Å². The third kappa shape index (κ3) is 4.59. The fourth-order valence-electron chi connectivity index (χ4n) is 2.85. The first-order valence-corrected chi connectivity index (χ1v) is 10.1. The molecule has 0 radical (unpaired) electrons. The van der Waals surface area contributed by atoms with Crippen molar-refractivity contribution in [2.45, 2.75) is 31.2 Å². The Morgan fingerprint density at radius 2 is 1.31 bits per heavy atom. The molecule has 0 fully saturated rings. The smallest absolute Gasteiger partial charge is 0.207 e. The summed E-state index contributed by atoms with van der Waals surface area (Å²) in [6, 6.07) is 24.5. The molecular formula is C22H23NO2S. The van der Waals surface area contributed by atoms with Crippen LogP contribution in [-0.2, 0) is 16.4 Å². The van der Waals surface area contributed by atoms with Gasteiger partial charge in [-0.3, -0.25) is 0 Å². The van der Waals surface area contributed by atoms with Gasteiger partial charge in [-0.05, 0) is 43.5 Å². The van der Waals surface area contributed by atoms with E-state index in [0.29, 0.717) is 6.42 Å². The molecule has 0 bridgehead atoms. The van der Waals surface area contributed by atoms with Gasteiger partial charge in [-0.25, -0.2) is 13.1 Å². The Bertz CT molecular complexity index is 947. The molecule has 0 heterocycles. The van der Waals surface area contributed by atoms with E-state index in [-0.39, 0.29) is 10.9 Å². The molecule has 4 heteroatoms. The molecule has 1 unspecified atom stereocenters. The van der Waals surface area contributed by atoms with Gasteiger partial charge < -0.3 is 0 Å². The van der Waals surface area contributed by atoms with Crippen LogP contribution in [0.2, 0.25) is 0 Å². The van der Waals surface area contributed by atoms with Crippen LogP contribution in [-0.4, -0.2) is 8.42 Å². The van der Waals surface area contributed by atoms with Crippen LogP contribution in [0.1, 0.15) is 28.3 Å². The van der Waals surface area contributed by atoms with Gasteiger partial charge in [-0.1, -0.05) is 77.9 Å². The summed E-state index contributed by atoms with van der Waals surface area (Å²) in [6.07, 6.45) is 0.592. The van der Waals surface area contributed by atoms with E-state index in [1.807, 2.05) is 80.6 Å². The van der Waals surface area contributed by atoms with E-state index < -0.39 is 10.0 Å². The topological polar surface area (TPSA) is 46.2 Å². The van der Waals surface area contributed by atoms with Crippen molar-refractivity contribution >= 4 is 10.0 Å². The second kappa shape index (κ2) is 7.85. The van der Waals surface area contributed by atoms with Crippen molar-refractivity contribution in [3.8, 4) is 0 Å². The predicted octanol–water partition coefficient (Wildman–Crippen LogP) is 4.57. The molecule has 3 nitrogen and oxygen atoms in total. The van der Waals surface area contributed by atoms with Crippen LogP contribution >= 0.6 is 0 Å². The molecule has 26 heavy (non-hydrogen) atoms. The minimum atomic E-state index is -3.60. The molecule has 3 rings (SSSR count). The summed E-state index contributed by atoms with van der Waals surface area (Å²) in [5.41, 5.74) is 4.22. The lowest BCUT2D eigenvalue weighted by molar-refractivity contribution is 0.555. The molecule has 0 aliphatic carbocycles. The monoisotopic (exact) mass is 365 g/mol. The Labute approximate surface area is 155 Å². The lowest BCUT2D eigenvalue weighted by Gasteiger charge is -2.20. The molecule has 0 aliphatic heterocycles. The van der Waals surface area contributed by atoms with E-state index in [9.17, 15) is 8.42 Å². The van der Waals surface area contributed by atoms with E-state index in [2.05, 4.69) is 4.72 Å². The highest BCUT2D eigenvalue weighted by Crippen LogP contribution is 2.22. The normalized spacial score (nSPS) is 12.7. The van der Waals surface area contributed by atoms with Crippen LogP contribution in [0.15, 0.2) is 83.8 Å². The summed E-state index contributed by atoms with van der Waals surface area (Å²) < 4.78 is 28.6. The van der Waals surface area contributed by atoms with Crippen molar-refractivity contribution in [2.75, 3.05) is 0 Å². The van der Waals surface area contributed by atoms with Gasteiger partial charge in [0, 0.05) is 0 Å². The standard InChI is InChI=1S/C22H23NO2S/c1-17-8-12-20(13-9-17)22(16-19-6-4-3-5-7-19)23-26(24,25)21-14-10-18(2)11-15-21/h3-15,22-23H,16H2,1-2H3. The Kier molecular flexibility index (Phi) is 5.55. The molecule has 0 saturated carbocycles. The number of rotatable bonds is 6. The summed E-state index contributed by atoms with van der Waals surface area (Å²) >= 11 is 0. The summed E-state index contributed by atoms with van der Waals surface area (Å²) in [6.45, 7) is 3.96. The van der Waals surface area contributed by atoms with E-state index in [1.165, 1.54) is 0 Å². The van der Waals surface area contributed by atoms with E-state index in [4.69, 9.17) is 0 Å². The van der Waals surface area contributed by atoms with Crippen LogP contribution < -0.4 is 4.72 Å². The minimum absolute atomic E-state index is 0.285. The maximum Gasteiger partial charge on any atom is 0.241 e. The summed E-state index contributed by atoms with van der Waals surface area (Å²) in [7, 11) is -3.60. The number of sulfonamides is 1. The summed E-state index contributed by atoms with van der Waals surface area (Å²) in [5.74, 6) is 0. The highest BCUT2D eigenvalue weighted by atomic mass is 32.2. The Balaban J connectivity index is 1.92. The number of hydrogen-bond acceptors (Lipinski definition) is 2. The van der Waals surface area contributed by atoms with Gasteiger partial charge in [-0.15, -0.1) is 0 Å². The lowest BCUT2D eigenvalue weighted by Crippen LogP contribution is -2.30. The fraction of sp³-hybridized carbons (Fsp3) is 0.182. The minimum Gasteiger partial charge on any atom is -0.207 e. The average Bonchev–Trinajstić information content (AvgIpc) is 2.63. The zero-order valence-corrected chi connectivity index (χ0v) is 15.8. The van der Waals surface area contributed by atoms with E-state index in [1.54, 1.807) is 12.1 Å². The molecule has 134 valence electrons. The van der Waals surface area contributed by atoms with Crippen molar-refractivity contribution in [3.63, 3.8) is 0 Å². The zero-order chi connectivity index (χ0) is 18.6. The number of benzene rings is 3. The molecule has 0 aliphatic rings. The zero-order valence-electron chi connectivity index (χ0n) is 15.0. The summed E-state index contributed by atoms with van der Waals surface area (Å²) in [4.78, 5) is 0.285. The number of aryl methyl sites for hydroxylation is 2. The van der Waals surface area contributed by atoms with E-state index in [0.717, 1.165) is 22.3 Å². The third-order valence-corrected chi connectivity index (χ3v) is 5.88. The maximum atomic E-state index is 12.9. The highest BCUT2D eigenvalue weighted by Gasteiger charge is 2.21. The Morgan fingerprint density at radius 1 is 0.769 bits per heavy atom. The first-order valence-electron chi connectivity index (χ1n) is 8.63. The first-order chi connectivity index (χ1) is 12.4. The molecule has 1 N–H and O–H groups in total. The third-order valence-electron chi connectivity index (χ3n) is 4.39. The molecule has 3 aromatic carbocycles. The Hall–Kier alpha value is -2.43.